The van der Waals surface area contributed by atoms with Crippen molar-refractivity contribution in [2.45, 2.75) is 38.5 Å². The predicted molar refractivity (Wildman–Crippen MR) is 70.4 cm³/mol. The first-order valence-electron chi connectivity index (χ1n) is 5.52. The number of carboxylic acid groups (broad SMARTS) is 1. The van der Waals surface area contributed by atoms with Gasteiger partial charge in [-0.05, 0) is 26.0 Å². The summed E-state index contributed by atoms with van der Waals surface area (Å²) in [5.41, 5.74) is 0. The van der Waals surface area contributed by atoms with Crippen LogP contribution in [0.2, 0.25) is 0 Å². The minimum absolute atomic E-state index is 0.0616. The molecular formula is C11H22N2O3S. The van der Waals surface area contributed by atoms with E-state index in [-0.39, 0.29) is 10.7 Å². The van der Waals surface area contributed by atoms with Gasteiger partial charge in [-0.2, -0.15) is 11.8 Å². The quantitative estimate of drug-likeness (QED) is 0.678. The minimum atomic E-state index is -1.01. The van der Waals surface area contributed by atoms with E-state index in [0.717, 1.165) is 0 Å². The summed E-state index contributed by atoms with van der Waals surface area (Å²) in [6.45, 7) is 8.02. The summed E-state index contributed by atoms with van der Waals surface area (Å²) < 4.78 is -0.0616. The molecule has 0 heterocycles. The molecule has 0 aromatic rings. The maximum Gasteiger partial charge on any atom is 0.326 e. The minimum Gasteiger partial charge on any atom is -0.480 e. The number of amides is 2. The van der Waals surface area contributed by atoms with E-state index in [0.29, 0.717) is 6.54 Å². The fourth-order valence-corrected chi connectivity index (χ4v) is 1.29. The predicted octanol–water partition coefficient (Wildman–Crippen LogP) is 1.54. The lowest BCUT2D eigenvalue weighted by Crippen LogP contribution is -2.50. The Kier molecular flexibility index (Phi) is 6.37. The third-order valence-corrected chi connectivity index (χ3v) is 3.70. The zero-order chi connectivity index (χ0) is 13.6. The molecule has 0 rings (SSSR count). The van der Waals surface area contributed by atoms with Crippen LogP contribution in [0.4, 0.5) is 4.79 Å². The fourth-order valence-electron chi connectivity index (χ4n) is 1.07. The molecule has 0 fully saturated rings. The van der Waals surface area contributed by atoms with Gasteiger partial charge in [-0.25, -0.2) is 9.59 Å². The van der Waals surface area contributed by atoms with Crippen LogP contribution in [0.5, 0.6) is 0 Å². The molecule has 3 N–H and O–H groups in total. The van der Waals surface area contributed by atoms with Crippen LogP contribution in [0, 0.1) is 5.92 Å². The normalized spacial score (nSPS) is 13.3. The van der Waals surface area contributed by atoms with Crippen LogP contribution in [0.1, 0.15) is 27.7 Å². The Hall–Kier alpha value is -0.910. The summed E-state index contributed by atoms with van der Waals surface area (Å²) in [6.07, 6.45) is 1.97. The Balaban J connectivity index is 4.21. The molecule has 0 radical (unpaired) electrons. The number of carboxylic acids is 1. The van der Waals surface area contributed by atoms with E-state index in [4.69, 9.17) is 5.11 Å². The van der Waals surface area contributed by atoms with E-state index in [1.165, 1.54) is 0 Å². The van der Waals surface area contributed by atoms with E-state index in [2.05, 4.69) is 10.6 Å². The summed E-state index contributed by atoms with van der Waals surface area (Å²) in [5.74, 6) is -1.16. The lowest BCUT2D eigenvalue weighted by Gasteiger charge is -2.24. The van der Waals surface area contributed by atoms with Crippen molar-refractivity contribution in [2.75, 3.05) is 12.8 Å². The van der Waals surface area contributed by atoms with E-state index in [9.17, 15) is 9.59 Å². The SMILES string of the molecule is CSC(C)(C)CNC(=O)NC(C(=O)O)C(C)C. The monoisotopic (exact) mass is 262 g/mol. The van der Waals surface area contributed by atoms with Gasteiger partial charge < -0.3 is 15.7 Å². The Morgan fingerprint density at radius 2 is 1.88 bits per heavy atom. The third-order valence-electron chi connectivity index (χ3n) is 2.45. The van der Waals surface area contributed by atoms with E-state index in [1.807, 2.05) is 20.1 Å². The van der Waals surface area contributed by atoms with Crippen LogP contribution in [0.3, 0.4) is 0 Å². The number of aliphatic carboxylic acids is 1. The molecule has 100 valence electrons. The van der Waals surface area contributed by atoms with Crippen LogP contribution in [-0.2, 0) is 4.79 Å². The number of thioether (sulfide) groups is 1. The van der Waals surface area contributed by atoms with Gasteiger partial charge in [-0.15, -0.1) is 0 Å². The molecule has 1 unspecified atom stereocenters. The van der Waals surface area contributed by atoms with Crippen molar-refractivity contribution < 1.29 is 14.7 Å². The average Bonchev–Trinajstić information content (AvgIpc) is 2.22. The largest absolute Gasteiger partial charge is 0.480 e. The zero-order valence-electron chi connectivity index (χ0n) is 11.0. The van der Waals surface area contributed by atoms with E-state index >= 15 is 0 Å². The van der Waals surface area contributed by atoms with Crippen LogP contribution in [0.25, 0.3) is 0 Å². The van der Waals surface area contributed by atoms with Gasteiger partial charge in [-0.3, -0.25) is 0 Å². The van der Waals surface area contributed by atoms with Crippen LogP contribution in [0.15, 0.2) is 0 Å². The molecule has 0 saturated heterocycles. The standard InChI is InChI=1S/C11H22N2O3S/c1-7(2)8(9(14)15)13-10(16)12-6-11(3,4)17-5/h7-8H,6H2,1-5H3,(H,14,15)(H2,12,13,16). The molecule has 0 aliphatic carbocycles. The van der Waals surface area contributed by atoms with Crippen LogP contribution in [-0.4, -0.2) is 40.7 Å². The van der Waals surface area contributed by atoms with Gasteiger partial charge in [0.05, 0.1) is 0 Å². The van der Waals surface area contributed by atoms with Gasteiger partial charge in [0.1, 0.15) is 6.04 Å². The summed E-state index contributed by atoms with van der Waals surface area (Å²) in [5, 5.41) is 14.1. The molecule has 6 heteroatoms. The lowest BCUT2D eigenvalue weighted by atomic mass is 10.1. The molecule has 0 aliphatic rings. The molecule has 1 atom stereocenters. The number of nitrogens with one attached hydrogen (secondary N) is 2. The van der Waals surface area contributed by atoms with Crippen molar-refractivity contribution in [1.29, 1.82) is 0 Å². The Morgan fingerprint density at radius 1 is 1.35 bits per heavy atom. The maximum atomic E-state index is 11.5. The smallest absolute Gasteiger partial charge is 0.326 e. The van der Waals surface area contributed by atoms with Gasteiger partial charge >= 0.3 is 12.0 Å². The highest BCUT2D eigenvalue weighted by atomic mass is 32.2. The Bertz CT molecular complexity index is 280. The Labute approximate surface area is 107 Å². The van der Waals surface area contributed by atoms with Crippen molar-refractivity contribution in [3.8, 4) is 0 Å². The van der Waals surface area contributed by atoms with Gasteiger partial charge in [0.25, 0.3) is 0 Å². The highest BCUT2D eigenvalue weighted by Gasteiger charge is 2.24. The third kappa shape index (κ3) is 6.41. The van der Waals surface area contributed by atoms with E-state index < -0.39 is 18.0 Å². The fraction of sp³-hybridized carbons (Fsp3) is 0.818. The highest BCUT2D eigenvalue weighted by molar-refractivity contribution is 7.99. The maximum absolute atomic E-state index is 11.5. The first-order chi connectivity index (χ1) is 7.69. The molecule has 0 bridgehead atoms. The highest BCUT2D eigenvalue weighted by Crippen LogP contribution is 2.19. The molecule has 0 aromatic carbocycles. The van der Waals surface area contributed by atoms with Gasteiger partial charge in [0.2, 0.25) is 0 Å². The number of carbonyl (C=O) groups is 2. The topological polar surface area (TPSA) is 78.4 Å². The van der Waals surface area contributed by atoms with Crippen LogP contribution < -0.4 is 10.6 Å². The summed E-state index contributed by atoms with van der Waals surface area (Å²) in [4.78, 5) is 22.4. The second-order valence-electron chi connectivity index (χ2n) is 4.85. The molecular weight excluding hydrogens is 240 g/mol. The second kappa shape index (κ2) is 6.74. The molecule has 0 aliphatic heterocycles. The summed E-state index contributed by atoms with van der Waals surface area (Å²) in [6, 6.07) is -1.29. The van der Waals surface area contributed by atoms with Crippen molar-refractivity contribution in [1.82, 2.24) is 10.6 Å². The van der Waals surface area contributed by atoms with Crippen molar-refractivity contribution in [2.24, 2.45) is 5.92 Å². The summed E-state index contributed by atoms with van der Waals surface area (Å²) >= 11 is 1.64. The Morgan fingerprint density at radius 3 is 2.24 bits per heavy atom. The lowest BCUT2D eigenvalue weighted by molar-refractivity contribution is -0.140. The molecule has 0 spiro atoms. The number of rotatable bonds is 6. The first-order valence-corrected chi connectivity index (χ1v) is 6.74. The summed E-state index contributed by atoms with van der Waals surface area (Å²) in [7, 11) is 0. The molecule has 2 amide bonds. The van der Waals surface area contributed by atoms with Crippen LogP contribution >= 0.6 is 11.8 Å². The number of hydrogen-bond donors (Lipinski definition) is 3. The number of hydrogen-bond acceptors (Lipinski definition) is 3. The first kappa shape index (κ1) is 16.1. The molecule has 17 heavy (non-hydrogen) atoms. The van der Waals surface area contributed by atoms with Crippen molar-refractivity contribution in [3.05, 3.63) is 0 Å². The zero-order valence-corrected chi connectivity index (χ0v) is 11.9. The van der Waals surface area contributed by atoms with Crippen molar-refractivity contribution >= 4 is 23.8 Å². The second-order valence-corrected chi connectivity index (χ2v) is 6.36. The van der Waals surface area contributed by atoms with Gasteiger partial charge in [0, 0.05) is 11.3 Å². The number of urea groups is 1. The van der Waals surface area contributed by atoms with Crippen molar-refractivity contribution in [3.63, 3.8) is 0 Å². The average molecular weight is 262 g/mol. The van der Waals surface area contributed by atoms with Gasteiger partial charge in [-0.1, -0.05) is 13.8 Å². The molecule has 5 nitrogen and oxygen atoms in total. The molecule has 0 aromatic heterocycles. The molecule has 0 saturated carbocycles. The van der Waals surface area contributed by atoms with Gasteiger partial charge in [0.15, 0.2) is 0 Å². The number of carbonyl (C=O) groups excluding carboxylic acids is 1. The van der Waals surface area contributed by atoms with E-state index in [1.54, 1.807) is 25.6 Å².